The molecule has 0 radical (unpaired) electrons. The van der Waals surface area contributed by atoms with Crippen LogP contribution in [-0.4, -0.2) is 20.7 Å². The molecule has 4 heteroatoms. The van der Waals surface area contributed by atoms with Crippen LogP contribution in [0.2, 0.25) is 0 Å². The maximum Gasteiger partial charge on any atom is 0.185 e. The van der Waals surface area contributed by atoms with Gasteiger partial charge >= 0.3 is 0 Å². The van der Waals surface area contributed by atoms with Gasteiger partial charge in [0.15, 0.2) is 5.78 Å². The first-order chi connectivity index (χ1) is 12.4. The number of nitrogens with zero attached hydrogens (tertiary/aromatic N) is 2. The van der Waals surface area contributed by atoms with Crippen molar-refractivity contribution in [2.75, 3.05) is 0 Å². The van der Waals surface area contributed by atoms with Crippen LogP contribution in [0.3, 0.4) is 0 Å². The topological polar surface area (TPSA) is 55.1 Å². The lowest BCUT2D eigenvalue weighted by Gasteiger charge is -2.05. The summed E-state index contributed by atoms with van der Waals surface area (Å²) < 4.78 is 1.96. The number of benzene rings is 2. The van der Waals surface area contributed by atoms with Crippen LogP contribution in [-0.2, 0) is 6.54 Å². The van der Waals surface area contributed by atoms with Crippen LogP contribution in [0.4, 0.5) is 0 Å². The highest BCUT2D eigenvalue weighted by molar-refractivity contribution is 6.06. The van der Waals surface area contributed by atoms with Crippen LogP contribution in [0.15, 0.2) is 54.6 Å². The Morgan fingerprint density at radius 3 is 2.35 bits per heavy atom. The average Bonchev–Trinajstić information content (AvgIpc) is 2.89. The smallest absolute Gasteiger partial charge is 0.185 e. The van der Waals surface area contributed by atoms with E-state index >= 15 is 0 Å². The van der Waals surface area contributed by atoms with E-state index in [9.17, 15) is 9.90 Å². The fourth-order valence-electron chi connectivity index (χ4n) is 2.85. The summed E-state index contributed by atoms with van der Waals surface area (Å²) >= 11 is 0. The van der Waals surface area contributed by atoms with Crippen LogP contribution >= 0.6 is 0 Å². The second kappa shape index (κ2) is 7.40. The number of hydrogen-bond donors (Lipinski definition) is 1. The summed E-state index contributed by atoms with van der Waals surface area (Å²) in [7, 11) is 0. The predicted molar refractivity (Wildman–Crippen MR) is 103 cm³/mol. The summed E-state index contributed by atoms with van der Waals surface area (Å²) in [5, 5.41) is 13.9. The number of hydrogen-bond acceptors (Lipinski definition) is 3. The van der Waals surface area contributed by atoms with E-state index in [1.165, 1.54) is 23.3 Å². The van der Waals surface area contributed by atoms with Gasteiger partial charge in [0.25, 0.3) is 0 Å². The predicted octanol–water partition coefficient (Wildman–Crippen LogP) is 4.46. The largest absolute Gasteiger partial charge is 0.508 e. The van der Waals surface area contributed by atoms with Crippen molar-refractivity contribution in [2.45, 2.75) is 27.3 Å². The van der Waals surface area contributed by atoms with E-state index in [0.717, 1.165) is 17.0 Å². The van der Waals surface area contributed by atoms with E-state index in [1.54, 1.807) is 18.2 Å². The SMILES string of the molecule is Cc1ccc(Cn2nc(C)c(/C=C/C(=O)c3ccc(O)cc3)c2C)cc1. The summed E-state index contributed by atoms with van der Waals surface area (Å²) in [6.45, 7) is 6.73. The number of phenols is 1. The summed E-state index contributed by atoms with van der Waals surface area (Å²) in [5.41, 5.74) is 5.85. The molecule has 0 aliphatic heterocycles. The van der Waals surface area contributed by atoms with E-state index < -0.39 is 0 Å². The molecule has 0 amide bonds. The summed E-state index contributed by atoms with van der Waals surface area (Å²) in [6.07, 6.45) is 3.37. The second-order valence-corrected chi connectivity index (χ2v) is 6.47. The van der Waals surface area contributed by atoms with E-state index in [2.05, 4.69) is 36.3 Å². The molecular weight excluding hydrogens is 324 g/mol. The lowest BCUT2D eigenvalue weighted by atomic mass is 10.1. The third-order valence-corrected chi connectivity index (χ3v) is 4.44. The Balaban J connectivity index is 1.80. The first-order valence-corrected chi connectivity index (χ1v) is 8.55. The van der Waals surface area contributed by atoms with Crippen LogP contribution in [0.25, 0.3) is 6.08 Å². The number of carbonyl (C=O) groups excluding carboxylic acids is 1. The maximum absolute atomic E-state index is 12.3. The van der Waals surface area contributed by atoms with E-state index in [0.29, 0.717) is 12.1 Å². The minimum atomic E-state index is -0.102. The lowest BCUT2D eigenvalue weighted by molar-refractivity contribution is 0.104. The van der Waals surface area contributed by atoms with Gasteiger partial charge in [0.05, 0.1) is 12.2 Å². The van der Waals surface area contributed by atoms with Crippen molar-refractivity contribution in [3.8, 4) is 5.75 Å². The van der Waals surface area contributed by atoms with Gasteiger partial charge in [-0.3, -0.25) is 9.48 Å². The molecule has 2 aromatic carbocycles. The zero-order valence-corrected chi connectivity index (χ0v) is 15.2. The van der Waals surface area contributed by atoms with Crippen molar-refractivity contribution in [1.82, 2.24) is 9.78 Å². The average molecular weight is 346 g/mol. The molecule has 1 heterocycles. The van der Waals surface area contributed by atoms with Crippen molar-refractivity contribution in [3.63, 3.8) is 0 Å². The molecule has 1 N–H and O–H groups in total. The molecule has 0 saturated heterocycles. The molecule has 0 unspecified atom stereocenters. The molecule has 0 aliphatic rings. The number of carbonyl (C=O) groups is 1. The molecule has 0 spiro atoms. The third-order valence-electron chi connectivity index (χ3n) is 4.44. The Hall–Kier alpha value is -3.14. The zero-order valence-electron chi connectivity index (χ0n) is 15.2. The molecule has 0 saturated carbocycles. The fourth-order valence-corrected chi connectivity index (χ4v) is 2.85. The Bertz CT molecular complexity index is 949. The quantitative estimate of drug-likeness (QED) is 0.548. The first-order valence-electron chi connectivity index (χ1n) is 8.55. The van der Waals surface area contributed by atoms with Gasteiger partial charge < -0.3 is 5.11 Å². The third kappa shape index (κ3) is 3.91. The van der Waals surface area contributed by atoms with Crippen LogP contribution < -0.4 is 0 Å². The number of aromatic hydroxyl groups is 1. The zero-order chi connectivity index (χ0) is 18.7. The van der Waals surface area contributed by atoms with Crippen LogP contribution in [0.1, 0.15) is 38.4 Å². The maximum atomic E-state index is 12.3. The van der Waals surface area contributed by atoms with Crippen molar-refractivity contribution in [2.24, 2.45) is 0 Å². The van der Waals surface area contributed by atoms with Crippen molar-refractivity contribution in [3.05, 3.63) is 88.2 Å². The number of phenolic OH excluding ortho intramolecular Hbond substituents is 1. The Labute approximate surface area is 153 Å². The van der Waals surface area contributed by atoms with E-state index in [1.807, 2.05) is 24.6 Å². The van der Waals surface area contributed by atoms with Gasteiger partial charge in [-0.25, -0.2) is 0 Å². The highest BCUT2D eigenvalue weighted by atomic mass is 16.3. The number of aryl methyl sites for hydroxylation is 2. The number of ketones is 1. The molecule has 4 nitrogen and oxygen atoms in total. The molecule has 0 bridgehead atoms. The van der Waals surface area contributed by atoms with Gasteiger partial charge in [0, 0.05) is 16.8 Å². The molecule has 3 aromatic rings. The highest BCUT2D eigenvalue weighted by Gasteiger charge is 2.10. The highest BCUT2D eigenvalue weighted by Crippen LogP contribution is 2.18. The molecular formula is C22H22N2O2. The number of allylic oxidation sites excluding steroid dienone is 1. The molecule has 1 aromatic heterocycles. The standard InChI is InChI=1S/C22H22N2O2/c1-15-4-6-18(7-5-15)14-24-17(3)21(16(2)23-24)12-13-22(26)19-8-10-20(25)11-9-19/h4-13,25H,14H2,1-3H3/b13-12+. The minimum absolute atomic E-state index is 0.102. The Morgan fingerprint density at radius 2 is 1.69 bits per heavy atom. The van der Waals surface area contributed by atoms with Gasteiger partial charge in [-0.15, -0.1) is 0 Å². The second-order valence-electron chi connectivity index (χ2n) is 6.47. The fraction of sp³-hybridized carbons (Fsp3) is 0.182. The summed E-state index contributed by atoms with van der Waals surface area (Å²) in [4.78, 5) is 12.3. The first kappa shape index (κ1) is 17.7. The van der Waals surface area contributed by atoms with Crippen molar-refractivity contribution >= 4 is 11.9 Å². The van der Waals surface area contributed by atoms with Gasteiger partial charge in [-0.05, 0) is 62.8 Å². The summed E-state index contributed by atoms with van der Waals surface area (Å²) in [5.74, 6) is 0.0460. The van der Waals surface area contributed by atoms with Crippen LogP contribution in [0, 0.1) is 20.8 Å². The number of aromatic nitrogens is 2. The van der Waals surface area contributed by atoms with E-state index in [-0.39, 0.29) is 11.5 Å². The molecule has 3 rings (SSSR count). The Morgan fingerprint density at radius 1 is 1.04 bits per heavy atom. The normalized spacial score (nSPS) is 11.2. The summed E-state index contributed by atoms with van der Waals surface area (Å²) in [6, 6.07) is 14.7. The van der Waals surface area contributed by atoms with E-state index in [4.69, 9.17) is 0 Å². The van der Waals surface area contributed by atoms with Gasteiger partial charge in [0.1, 0.15) is 5.75 Å². The lowest BCUT2D eigenvalue weighted by Crippen LogP contribution is -2.04. The monoisotopic (exact) mass is 346 g/mol. The van der Waals surface area contributed by atoms with Crippen molar-refractivity contribution in [1.29, 1.82) is 0 Å². The number of rotatable bonds is 5. The molecule has 0 fully saturated rings. The molecule has 0 atom stereocenters. The molecule has 132 valence electrons. The van der Waals surface area contributed by atoms with Gasteiger partial charge in [-0.1, -0.05) is 29.8 Å². The molecule has 26 heavy (non-hydrogen) atoms. The minimum Gasteiger partial charge on any atom is -0.508 e. The van der Waals surface area contributed by atoms with Crippen molar-refractivity contribution < 1.29 is 9.90 Å². The van der Waals surface area contributed by atoms with Gasteiger partial charge in [-0.2, -0.15) is 5.10 Å². The Kier molecular flexibility index (Phi) is 5.03. The van der Waals surface area contributed by atoms with Crippen LogP contribution in [0.5, 0.6) is 5.75 Å². The molecule has 0 aliphatic carbocycles. The van der Waals surface area contributed by atoms with Gasteiger partial charge in [0.2, 0.25) is 0 Å².